The van der Waals surface area contributed by atoms with Crippen LogP contribution in [0.15, 0.2) is 45.9 Å². The molecular weight excluding hydrogens is 254 g/mol. The molecule has 1 saturated carbocycles. The van der Waals surface area contributed by atoms with E-state index in [1.54, 1.807) is 6.26 Å². The number of aryl methyl sites for hydroxylation is 1. The zero-order valence-electron chi connectivity index (χ0n) is 11.2. The first-order valence-corrected chi connectivity index (χ1v) is 7.78. The summed E-state index contributed by atoms with van der Waals surface area (Å²) >= 11 is 1.84. The summed E-state index contributed by atoms with van der Waals surface area (Å²) in [7, 11) is 0. The monoisotopic (exact) mass is 273 g/mol. The van der Waals surface area contributed by atoms with E-state index in [0.717, 1.165) is 24.1 Å². The minimum absolute atomic E-state index is 0.772. The highest BCUT2D eigenvalue weighted by atomic mass is 32.2. The third-order valence-corrected chi connectivity index (χ3v) is 4.56. The zero-order valence-corrected chi connectivity index (χ0v) is 12.0. The molecule has 19 heavy (non-hydrogen) atoms. The lowest BCUT2D eigenvalue weighted by molar-refractivity contribution is 0.530. The third-order valence-electron chi connectivity index (χ3n) is 3.36. The maximum absolute atomic E-state index is 5.36. The first-order valence-electron chi connectivity index (χ1n) is 6.79. The number of thioether (sulfide) groups is 1. The van der Waals surface area contributed by atoms with E-state index in [2.05, 4.69) is 30.4 Å². The molecule has 0 unspecified atom stereocenters. The van der Waals surface area contributed by atoms with Crippen LogP contribution in [0.4, 0.5) is 0 Å². The van der Waals surface area contributed by atoms with E-state index in [1.807, 2.05) is 23.9 Å². The van der Waals surface area contributed by atoms with E-state index >= 15 is 0 Å². The molecule has 0 saturated heterocycles. The summed E-state index contributed by atoms with van der Waals surface area (Å²) in [4.78, 5) is 1.34. The molecule has 1 aliphatic rings. The van der Waals surface area contributed by atoms with Crippen molar-refractivity contribution in [3.63, 3.8) is 0 Å². The predicted molar refractivity (Wildman–Crippen MR) is 79.3 cm³/mol. The predicted octanol–water partition coefficient (Wildman–Crippen LogP) is 4.13. The molecule has 1 aliphatic carbocycles. The van der Waals surface area contributed by atoms with Crippen molar-refractivity contribution >= 4 is 11.8 Å². The number of hydrogen-bond acceptors (Lipinski definition) is 3. The van der Waals surface area contributed by atoms with Crippen LogP contribution in [0.5, 0.6) is 0 Å². The van der Waals surface area contributed by atoms with E-state index in [-0.39, 0.29) is 0 Å². The van der Waals surface area contributed by atoms with Gasteiger partial charge in [-0.3, -0.25) is 0 Å². The van der Waals surface area contributed by atoms with Gasteiger partial charge in [0.15, 0.2) is 0 Å². The van der Waals surface area contributed by atoms with Crippen LogP contribution < -0.4 is 5.32 Å². The Morgan fingerprint density at radius 1 is 1.32 bits per heavy atom. The molecule has 0 amide bonds. The van der Waals surface area contributed by atoms with Crippen molar-refractivity contribution in [1.29, 1.82) is 0 Å². The van der Waals surface area contributed by atoms with Crippen LogP contribution in [-0.2, 0) is 12.3 Å². The molecule has 2 nitrogen and oxygen atoms in total. The quantitative estimate of drug-likeness (QED) is 0.801. The van der Waals surface area contributed by atoms with Crippen molar-refractivity contribution in [3.8, 4) is 0 Å². The molecule has 2 aromatic rings. The first kappa shape index (κ1) is 12.8. The van der Waals surface area contributed by atoms with Gasteiger partial charge in [-0.25, -0.2) is 0 Å². The van der Waals surface area contributed by atoms with Crippen LogP contribution in [0, 0.1) is 6.92 Å². The normalized spacial score (nSPS) is 14.8. The Balaban J connectivity index is 1.58. The van der Waals surface area contributed by atoms with Gasteiger partial charge < -0.3 is 9.73 Å². The number of benzene rings is 1. The van der Waals surface area contributed by atoms with Gasteiger partial charge in [0.2, 0.25) is 0 Å². The lowest BCUT2D eigenvalue weighted by Gasteiger charge is -2.08. The summed E-state index contributed by atoms with van der Waals surface area (Å²) in [5.74, 6) is 1.93. The van der Waals surface area contributed by atoms with Gasteiger partial charge in [0.05, 0.1) is 12.0 Å². The Bertz CT molecular complexity index is 532. The highest BCUT2D eigenvalue weighted by Crippen LogP contribution is 2.27. The average molecular weight is 273 g/mol. The topological polar surface area (TPSA) is 25.2 Å². The van der Waals surface area contributed by atoms with Crippen LogP contribution in [0.3, 0.4) is 0 Å². The highest BCUT2D eigenvalue weighted by molar-refractivity contribution is 7.98. The molecule has 1 aromatic heterocycles. The van der Waals surface area contributed by atoms with Crippen molar-refractivity contribution in [3.05, 3.63) is 53.5 Å². The van der Waals surface area contributed by atoms with E-state index < -0.39 is 0 Å². The Morgan fingerprint density at radius 3 is 2.89 bits per heavy atom. The minimum atomic E-state index is 0.772. The standard InChI is InChI=1S/C16H19NOS/c1-12-9-13(10-17-14-5-6-14)4-7-16(12)19-11-15-3-2-8-18-15/h2-4,7-9,14,17H,5-6,10-11H2,1H3. The SMILES string of the molecule is Cc1cc(CNC2CC2)ccc1SCc1ccco1. The maximum Gasteiger partial charge on any atom is 0.113 e. The summed E-state index contributed by atoms with van der Waals surface area (Å²) in [6.07, 6.45) is 4.42. The molecule has 1 aromatic carbocycles. The molecule has 0 atom stereocenters. The van der Waals surface area contributed by atoms with Gasteiger partial charge in [-0.1, -0.05) is 12.1 Å². The molecule has 1 fully saturated rings. The Labute approximate surface area is 118 Å². The Kier molecular flexibility index (Phi) is 3.95. The summed E-state index contributed by atoms with van der Waals surface area (Å²) in [5.41, 5.74) is 2.73. The molecule has 1 N–H and O–H groups in total. The summed E-state index contributed by atoms with van der Waals surface area (Å²) in [5, 5.41) is 3.55. The second kappa shape index (κ2) is 5.85. The highest BCUT2D eigenvalue weighted by Gasteiger charge is 2.19. The van der Waals surface area contributed by atoms with Gasteiger partial charge >= 0.3 is 0 Å². The fraction of sp³-hybridized carbons (Fsp3) is 0.375. The van der Waals surface area contributed by atoms with E-state index in [4.69, 9.17) is 4.42 Å². The zero-order chi connectivity index (χ0) is 13.1. The molecule has 1 heterocycles. The minimum Gasteiger partial charge on any atom is -0.468 e. The number of hydrogen-bond donors (Lipinski definition) is 1. The fourth-order valence-electron chi connectivity index (χ4n) is 2.08. The molecule has 100 valence electrons. The van der Waals surface area contributed by atoms with Crippen molar-refractivity contribution in [2.24, 2.45) is 0 Å². The van der Waals surface area contributed by atoms with E-state index in [0.29, 0.717) is 0 Å². The van der Waals surface area contributed by atoms with Crippen LogP contribution in [0.25, 0.3) is 0 Å². The average Bonchev–Trinajstić information content (AvgIpc) is 3.10. The van der Waals surface area contributed by atoms with Crippen LogP contribution in [-0.4, -0.2) is 6.04 Å². The van der Waals surface area contributed by atoms with Crippen molar-refractivity contribution in [2.45, 2.75) is 43.0 Å². The summed E-state index contributed by atoms with van der Waals surface area (Å²) in [6.45, 7) is 3.18. The van der Waals surface area contributed by atoms with Gasteiger partial charge in [-0.2, -0.15) is 0 Å². The molecular formula is C16H19NOS. The number of nitrogens with one attached hydrogen (secondary N) is 1. The van der Waals surface area contributed by atoms with Gasteiger partial charge in [0, 0.05) is 17.5 Å². The van der Waals surface area contributed by atoms with Gasteiger partial charge in [-0.05, 0) is 49.1 Å². The molecule has 0 radical (unpaired) electrons. The molecule has 0 aliphatic heterocycles. The van der Waals surface area contributed by atoms with Crippen molar-refractivity contribution in [2.75, 3.05) is 0 Å². The van der Waals surface area contributed by atoms with Crippen LogP contribution in [0.2, 0.25) is 0 Å². The van der Waals surface area contributed by atoms with Gasteiger partial charge in [0.25, 0.3) is 0 Å². The lowest BCUT2D eigenvalue weighted by Crippen LogP contribution is -2.15. The molecule has 0 spiro atoms. The molecule has 0 bridgehead atoms. The van der Waals surface area contributed by atoms with Gasteiger partial charge in [-0.15, -0.1) is 11.8 Å². The van der Waals surface area contributed by atoms with E-state index in [9.17, 15) is 0 Å². The number of furan rings is 1. The Hall–Kier alpha value is -1.19. The number of rotatable bonds is 6. The second-order valence-corrected chi connectivity index (χ2v) is 6.14. The molecule has 3 heteroatoms. The summed E-state index contributed by atoms with van der Waals surface area (Å²) < 4.78 is 5.36. The fourth-order valence-corrected chi connectivity index (χ4v) is 2.99. The van der Waals surface area contributed by atoms with Gasteiger partial charge in [0.1, 0.15) is 5.76 Å². The maximum atomic E-state index is 5.36. The smallest absolute Gasteiger partial charge is 0.113 e. The van der Waals surface area contributed by atoms with Crippen molar-refractivity contribution < 1.29 is 4.42 Å². The van der Waals surface area contributed by atoms with Crippen molar-refractivity contribution in [1.82, 2.24) is 5.32 Å². The Morgan fingerprint density at radius 2 is 2.21 bits per heavy atom. The third kappa shape index (κ3) is 3.64. The first-order chi connectivity index (χ1) is 9.31. The summed E-state index contributed by atoms with van der Waals surface area (Å²) in [6, 6.07) is 11.5. The lowest BCUT2D eigenvalue weighted by atomic mass is 10.1. The molecule has 3 rings (SSSR count). The second-order valence-electron chi connectivity index (χ2n) is 5.12. The van der Waals surface area contributed by atoms with Crippen LogP contribution >= 0.6 is 11.8 Å². The largest absolute Gasteiger partial charge is 0.468 e. The van der Waals surface area contributed by atoms with E-state index in [1.165, 1.54) is 28.9 Å². The van der Waals surface area contributed by atoms with Crippen LogP contribution in [0.1, 0.15) is 29.7 Å².